The minimum Gasteiger partial charge on any atom is -0.469 e. The van der Waals surface area contributed by atoms with Crippen LogP contribution in [0.2, 0.25) is 0 Å². The molecule has 0 aliphatic heterocycles. The molecule has 0 aromatic rings. The van der Waals surface area contributed by atoms with E-state index in [4.69, 9.17) is 4.74 Å². The highest BCUT2D eigenvalue weighted by molar-refractivity contribution is 5.69. The zero-order valence-corrected chi connectivity index (χ0v) is 17.4. The highest BCUT2D eigenvalue weighted by Gasteiger charge is 2.08. The van der Waals surface area contributed by atoms with Gasteiger partial charge in [-0.2, -0.15) is 0 Å². The van der Waals surface area contributed by atoms with E-state index in [2.05, 4.69) is 30.3 Å². The van der Waals surface area contributed by atoms with Crippen molar-refractivity contribution in [1.29, 1.82) is 0 Å². The highest BCUT2D eigenvalue weighted by atomic mass is 16.5. The summed E-state index contributed by atoms with van der Waals surface area (Å²) in [6.07, 6.45) is 1.04. The average molecular weight is 405 g/mol. The SMILES string of the molecule is COC(=O)CCNCCNCCN(CCNCCC(=O)OC)CCC(=O)OC. The Kier molecular flexibility index (Phi) is 17.4. The van der Waals surface area contributed by atoms with E-state index in [9.17, 15) is 14.4 Å². The first kappa shape index (κ1) is 26.2. The van der Waals surface area contributed by atoms with E-state index in [-0.39, 0.29) is 17.9 Å². The Bertz CT molecular complexity index is 436. The van der Waals surface area contributed by atoms with Crippen LogP contribution in [0.25, 0.3) is 0 Å². The van der Waals surface area contributed by atoms with Crippen LogP contribution in [0.4, 0.5) is 0 Å². The second-order valence-corrected chi connectivity index (χ2v) is 6.07. The molecule has 0 radical (unpaired) electrons. The Balaban J connectivity index is 3.89. The van der Waals surface area contributed by atoms with Crippen molar-refractivity contribution in [3.8, 4) is 0 Å². The number of carbonyl (C=O) groups excluding carboxylic acids is 3. The van der Waals surface area contributed by atoms with Gasteiger partial charge in [0.2, 0.25) is 0 Å². The van der Waals surface area contributed by atoms with Crippen molar-refractivity contribution in [3.63, 3.8) is 0 Å². The third-order valence-corrected chi connectivity index (χ3v) is 4.02. The molecule has 0 aromatic heterocycles. The number of carbonyl (C=O) groups is 3. The average Bonchev–Trinajstić information content (AvgIpc) is 2.71. The fourth-order valence-electron chi connectivity index (χ4n) is 2.30. The van der Waals surface area contributed by atoms with Gasteiger partial charge in [-0.25, -0.2) is 0 Å². The van der Waals surface area contributed by atoms with Gasteiger partial charge in [0.1, 0.15) is 0 Å². The van der Waals surface area contributed by atoms with E-state index in [1.807, 2.05) is 0 Å². The van der Waals surface area contributed by atoms with Crippen LogP contribution < -0.4 is 16.0 Å². The minimum atomic E-state index is -0.237. The summed E-state index contributed by atoms with van der Waals surface area (Å²) in [5, 5.41) is 9.68. The monoisotopic (exact) mass is 404 g/mol. The molecular formula is C18H36N4O6. The molecule has 0 aliphatic carbocycles. The Morgan fingerprint density at radius 2 is 0.964 bits per heavy atom. The third-order valence-electron chi connectivity index (χ3n) is 4.02. The predicted molar refractivity (Wildman–Crippen MR) is 105 cm³/mol. The number of methoxy groups -OCH3 is 3. The molecule has 0 fully saturated rings. The van der Waals surface area contributed by atoms with Gasteiger partial charge in [-0.1, -0.05) is 0 Å². The number of ether oxygens (including phenoxy) is 3. The molecule has 164 valence electrons. The van der Waals surface area contributed by atoms with Crippen molar-refractivity contribution in [2.24, 2.45) is 0 Å². The van der Waals surface area contributed by atoms with Gasteiger partial charge in [-0.15, -0.1) is 0 Å². The topological polar surface area (TPSA) is 118 Å². The Labute approximate surface area is 167 Å². The lowest BCUT2D eigenvalue weighted by Gasteiger charge is -2.22. The maximum Gasteiger partial charge on any atom is 0.306 e. The van der Waals surface area contributed by atoms with Gasteiger partial charge >= 0.3 is 17.9 Å². The van der Waals surface area contributed by atoms with Crippen molar-refractivity contribution in [2.75, 3.05) is 80.2 Å². The van der Waals surface area contributed by atoms with E-state index in [0.717, 1.165) is 32.7 Å². The third kappa shape index (κ3) is 16.4. The molecule has 0 bridgehead atoms. The fraction of sp³-hybridized carbons (Fsp3) is 0.833. The smallest absolute Gasteiger partial charge is 0.306 e. The molecule has 0 aliphatic rings. The maximum atomic E-state index is 11.4. The van der Waals surface area contributed by atoms with Crippen LogP contribution in [0.1, 0.15) is 19.3 Å². The summed E-state index contributed by atoms with van der Waals surface area (Å²) >= 11 is 0. The van der Waals surface area contributed by atoms with Crippen molar-refractivity contribution >= 4 is 17.9 Å². The van der Waals surface area contributed by atoms with Crippen LogP contribution >= 0.6 is 0 Å². The zero-order chi connectivity index (χ0) is 21.0. The number of esters is 3. The second-order valence-electron chi connectivity index (χ2n) is 6.07. The number of rotatable bonds is 18. The Morgan fingerprint density at radius 1 is 0.571 bits per heavy atom. The van der Waals surface area contributed by atoms with E-state index >= 15 is 0 Å². The van der Waals surface area contributed by atoms with Gasteiger partial charge < -0.3 is 35.1 Å². The Morgan fingerprint density at radius 3 is 1.43 bits per heavy atom. The zero-order valence-electron chi connectivity index (χ0n) is 17.4. The molecule has 0 heterocycles. The molecule has 10 nitrogen and oxygen atoms in total. The van der Waals surface area contributed by atoms with Gasteiger partial charge in [-0.05, 0) is 0 Å². The molecule has 0 spiro atoms. The molecule has 10 heteroatoms. The number of nitrogens with zero attached hydrogens (tertiary/aromatic N) is 1. The van der Waals surface area contributed by atoms with Crippen molar-refractivity contribution in [1.82, 2.24) is 20.9 Å². The van der Waals surface area contributed by atoms with Crippen LogP contribution in [-0.4, -0.2) is 103 Å². The van der Waals surface area contributed by atoms with Gasteiger partial charge in [0.05, 0.1) is 40.6 Å². The number of nitrogens with one attached hydrogen (secondary N) is 3. The molecule has 0 rings (SSSR count). The molecule has 0 atom stereocenters. The van der Waals surface area contributed by atoms with E-state index in [0.29, 0.717) is 45.4 Å². The quantitative estimate of drug-likeness (QED) is 0.145. The minimum absolute atomic E-state index is 0.220. The highest BCUT2D eigenvalue weighted by Crippen LogP contribution is 1.93. The van der Waals surface area contributed by atoms with Crippen LogP contribution in [0, 0.1) is 0 Å². The molecule has 28 heavy (non-hydrogen) atoms. The predicted octanol–water partition coefficient (Wildman–Crippen LogP) is -1.25. The molecule has 0 saturated heterocycles. The van der Waals surface area contributed by atoms with E-state index in [1.165, 1.54) is 21.3 Å². The number of hydrogen-bond donors (Lipinski definition) is 3. The molecule has 3 N–H and O–H groups in total. The normalized spacial score (nSPS) is 10.7. The van der Waals surface area contributed by atoms with Crippen molar-refractivity contribution in [3.05, 3.63) is 0 Å². The lowest BCUT2D eigenvalue weighted by atomic mass is 10.3. The molecule has 0 saturated carbocycles. The lowest BCUT2D eigenvalue weighted by Crippen LogP contribution is -2.39. The van der Waals surface area contributed by atoms with E-state index in [1.54, 1.807) is 0 Å². The van der Waals surface area contributed by atoms with Crippen LogP contribution in [0.3, 0.4) is 0 Å². The first-order chi connectivity index (χ1) is 13.5. The molecule has 0 aromatic carbocycles. The molecule has 0 unspecified atom stereocenters. The van der Waals surface area contributed by atoms with Gasteiger partial charge in [0, 0.05) is 58.9 Å². The summed E-state index contributed by atoms with van der Waals surface area (Å²) in [5.41, 5.74) is 0. The molecular weight excluding hydrogens is 368 g/mol. The van der Waals surface area contributed by atoms with Gasteiger partial charge in [-0.3, -0.25) is 14.4 Å². The standard InChI is InChI=1S/C18H36N4O6/c1-26-16(23)4-7-19-9-10-21-12-15-22(13-6-18(25)28-3)14-11-20-8-5-17(24)27-2/h19-21H,4-15H2,1-3H3. The largest absolute Gasteiger partial charge is 0.469 e. The van der Waals surface area contributed by atoms with Crippen LogP contribution in [0.15, 0.2) is 0 Å². The van der Waals surface area contributed by atoms with Gasteiger partial charge in [0.25, 0.3) is 0 Å². The van der Waals surface area contributed by atoms with Crippen LogP contribution in [0.5, 0.6) is 0 Å². The summed E-state index contributed by atoms with van der Waals surface area (Å²) in [6, 6.07) is 0. The fourth-order valence-corrected chi connectivity index (χ4v) is 2.30. The van der Waals surface area contributed by atoms with Crippen molar-refractivity contribution < 1.29 is 28.6 Å². The summed E-state index contributed by atoms with van der Waals surface area (Å²) in [4.78, 5) is 35.6. The summed E-state index contributed by atoms with van der Waals surface area (Å²) in [7, 11) is 4.14. The Hall–Kier alpha value is -1.75. The first-order valence-electron chi connectivity index (χ1n) is 9.58. The summed E-state index contributed by atoms with van der Waals surface area (Å²) < 4.78 is 13.9. The summed E-state index contributed by atoms with van der Waals surface area (Å²) in [5.74, 6) is -0.687. The van der Waals surface area contributed by atoms with Crippen LogP contribution in [-0.2, 0) is 28.6 Å². The van der Waals surface area contributed by atoms with Gasteiger partial charge in [0.15, 0.2) is 0 Å². The maximum absolute atomic E-state index is 11.4. The van der Waals surface area contributed by atoms with Crippen molar-refractivity contribution in [2.45, 2.75) is 19.3 Å². The second kappa shape index (κ2) is 18.6. The lowest BCUT2D eigenvalue weighted by molar-refractivity contribution is -0.141. The first-order valence-corrected chi connectivity index (χ1v) is 9.58. The number of hydrogen-bond acceptors (Lipinski definition) is 10. The van der Waals surface area contributed by atoms with E-state index < -0.39 is 0 Å². The molecule has 0 amide bonds. The summed E-state index contributed by atoms with van der Waals surface area (Å²) in [6.45, 7) is 6.36.